The number of nitrogens with one attached hydrogen (secondary N) is 7. The van der Waals surface area contributed by atoms with E-state index in [9.17, 15) is 78.0 Å². The molecule has 0 saturated carbocycles. The van der Waals surface area contributed by atoms with Crippen LogP contribution in [-0.4, -0.2) is 152 Å². The lowest BCUT2D eigenvalue weighted by Crippen LogP contribution is -2.61. The third kappa shape index (κ3) is 18.8. The quantitative estimate of drug-likeness (QED) is 0.0408. The predicted molar refractivity (Wildman–Crippen MR) is 178 cm³/mol. The Morgan fingerprint density at radius 1 is 0.527 bits per heavy atom. The number of hydrogen-bond acceptors (Lipinski definition) is 14. The standard InChI is InChI=1S/C29H45N9O17/c1-10(32-26(52)15(7-20(45)46)37-28(54)17(9-39)38-29(55)22(11(2)40)33-12(3)41)24(50)34-13(4-5-19(43)44)25(51)36-16(8-21(47)48)27(53)35-14(23(31)49)6-18(30)42/h10-11,13-17,22,39-40H,4-9H2,1-3H3,(H2,30,42)(H2,31,49)(H,32,52)(H,33,41)(H,34,50)(H,35,53)(H,36,51)(H,37,54)(H,38,55)(H,43,44)(H,45,46)(H,47,48)/t10-,11+,13-,14-,15-,16-,17-,22-/m0/s1. The first-order valence-corrected chi connectivity index (χ1v) is 16.0. The molecule has 0 aliphatic heterocycles. The molecule has 0 saturated heterocycles. The minimum absolute atomic E-state index is 0.676. The van der Waals surface area contributed by atoms with Crippen molar-refractivity contribution >= 4 is 71.1 Å². The van der Waals surface area contributed by atoms with E-state index in [1.165, 1.54) is 0 Å². The summed E-state index contributed by atoms with van der Waals surface area (Å²) in [6.45, 7) is 2.06. The predicted octanol–water partition coefficient (Wildman–Crippen LogP) is -8.03. The largest absolute Gasteiger partial charge is 0.481 e. The summed E-state index contributed by atoms with van der Waals surface area (Å²) in [4.78, 5) is 146. The Labute approximate surface area is 310 Å². The molecule has 0 radical (unpaired) electrons. The maximum Gasteiger partial charge on any atom is 0.305 e. The number of aliphatic hydroxyl groups excluding tert-OH is 2. The second-order valence-corrected chi connectivity index (χ2v) is 11.8. The number of primary amides is 2. The van der Waals surface area contributed by atoms with E-state index >= 15 is 0 Å². The van der Waals surface area contributed by atoms with Gasteiger partial charge >= 0.3 is 17.9 Å². The first-order valence-electron chi connectivity index (χ1n) is 16.0. The van der Waals surface area contributed by atoms with Crippen molar-refractivity contribution in [3.05, 3.63) is 0 Å². The van der Waals surface area contributed by atoms with Gasteiger partial charge in [-0.1, -0.05) is 0 Å². The van der Waals surface area contributed by atoms with Gasteiger partial charge in [-0.25, -0.2) is 0 Å². The molecule has 0 aliphatic rings. The van der Waals surface area contributed by atoms with Gasteiger partial charge in [-0.3, -0.25) is 57.5 Å². The Morgan fingerprint density at radius 2 is 0.945 bits per heavy atom. The molecule has 0 heterocycles. The van der Waals surface area contributed by atoms with Crippen molar-refractivity contribution in [1.29, 1.82) is 0 Å². The lowest BCUT2D eigenvalue weighted by molar-refractivity contribution is -0.142. The molecule has 0 aromatic carbocycles. The number of carbonyl (C=O) groups is 12. The van der Waals surface area contributed by atoms with Crippen LogP contribution in [0.2, 0.25) is 0 Å². The van der Waals surface area contributed by atoms with Gasteiger partial charge in [0, 0.05) is 13.3 Å². The van der Waals surface area contributed by atoms with Crippen molar-refractivity contribution in [2.75, 3.05) is 6.61 Å². The fourth-order valence-corrected chi connectivity index (χ4v) is 4.30. The Balaban J connectivity index is 6.03. The lowest BCUT2D eigenvalue weighted by atomic mass is 10.1. The van der Waals surface area contributed by atoms with E-state index in [-0.39, 0.29) is 0 Å². The average Bonchev–Trinajstić information content (AvgIpc) is 3.05. The number of rotatable bonds is 25. The molecular weight excluding hydrogens is 746 g/mol. The van der Waals surface area contributed by atoms with Crippen molar-refractivity contribution < 1.29 is 83.1 Å². The number of carbonyl (C=O) groups excluding carboxylic acids is 9. The molecule has 0 fully saturated rings. The average molecular weight is 792 g/mol. The monoisotopic (exact) mass is 791 g/mol. The van der Waals surface area contributed by atoms with E-state index in [0.29, 0.717) is 0 Å². The molecule has 8 atom stereocenters. The third-order valence-corrected chi connectivity index (χ3v) is 7.06. The molecule has 308 valence electrons. The first kappa shape index (κ1) is 48.6. The molecule has 0 unspecified atom stereocenters. The number of carboxylic acid groups (broad SMARTS) is 3. The zero-order valence-electron chi connectivity index (χ0n) is 29.7. The summed E-state index contributed by atoms with van der Waals surface area (Å²) in [5.41, 5.74) is 10.1. The summed E-state index contributed by atoms with van der Waals surface area (Å²) >= 11 is 0. The molecule has 0 aliphatic carbocycles. The minimum atomic E-state index is -1.99. The second kappa shape index (κ2) is 23.3. The van der Waals surface area contributed by atoms with Crippen LogP contribution in [0.3, 0.4) is 0 Å². The molecule has 0 bridgehead atoms. The zero-order valence-corrected chi connectivity index (χ0v) is 29.7. The lowest BCUT2D eigenvalue weighted by Gasteiger charge is -2.26. The SMILES string of the molecule is CC(=O)N[C@H](C(=O)N[C@@H](CO)C(=O)N[C@@H](CC(=O)O)C(=O)N[C@@H](C)C(=O)N[C@@H](CCC(=O)O)C(=O)N[C@@H](CC(=O)O)C(=O)N[C@@H](CC(N)=O)C(N)=O)[C@@H](C)O. The van der Waals surface area contributed by atoms with Crippen molar-refractivity contribution in [3.63, 3.8) is 0 Å². The van der Waals surface area contributed by atoms with Crippen LogP contribution in [0, 0.1) is 0 Å². The second-order valence-electron chi connectivity index (χ2n) is 11.8. The van der Waals surface area contributed by atoms with Crippen LogP contribution >= 0.6 is 0 Å². The number of amides is 9. The molecule has 16 N–H and O–H groups in total. The number of hydrogen-bond donors (Lipinski definition) is 14. The van der Waals surface area contributed by atoms with E-state index in [4.69, 9.17) is 16.6 Å². The maximum absolute atomic E-state index is 13.1. The fourth-order valence-electron chi connectivity index (χ4n) is 4.30. The molecule has 55 heavy (non-hydrogen) atoms. The Hall–Kier alpha value is -6.44. The number of carboxylic acids is 3. The summed E-state index contributed by atoms with van der Waals surface area (Å²) in [6.07, 6.45) is -5.97. The minimum Gasteiger partial charge on any atom is -0.481 e. The summed E-state index contributed by atoms with van der Waals surface area (Å²) in [6, 6.07) is -12.6. The van der Waals surface area contributed by atoms with Crippen molar-refractivity contribution in [3.8, 4) is 0 Å². The molecule has 0 rings (SSSR count). The van der Waals surface area contributed by atoms with E-state index in [1.54, 1.807) is 0 Å². The Bertz CT molecular complexity index is 1500. The van der Waals surface area contributed by atoms with Gasteiger partial charge in [0.15, 0.2) is 0 Å². The van der Waals surface area contributed by atoms with E-state index in [0.717, 1.165) is 20.8 Å². The molecule has 0 aromatic heterocycles. The fraction of sp³-hybridized carbons (Fsp3) is 0.586. The van der Waals surface area contributed by atoms with Crippen LogP contribution in [0.4, 0.5) is 0 Å². The van der Waals surface area contributed by atoms with E-state index in [1.807, 2.05) is 21.3 Å². The van der Waals surface area contributed by atoms with Gasteiger partial charge in [0.25, 0.3) is 0 Å². The Kier molecular flexibility index (Phi) is 20.5. The highest BCUT2D eigenvalue weighted by Crippen LogP contribution is 2.05. The molecular formula is C29H45N9O17. The van der Waals surface area contributed by atoms with Gasteiger partial charge in [-0.2, -0.15) is 0 Å². The zero-order chi connectivity index (χ0) is 42.7. The summed E-state index contributed by atoms with van der Waals surface area (Å²) < 4.78 is 0. The van der Waals surface area contributed by atoms with Gasteiger partial charge < -0.3 is 74.2 Å². The van der Waals surface area contributed by atoms with Crippen molar-refractivity contribution in [2.45, 2.75) is 101 Å². The summed E-state index contributed by atoms with van der Waals surface area (Å²) in [5, 5.41) is 61.4. The normalized spacial score (nSPS) is 15.0. The molecule has 9 amide bonds. The highest BCUT2D eigenvalue weighted by atomic mass is 16.4. The highest BCUT2D eigenvalue weighted by molar-refractivity contribution is 5.99. The maximum atomic E-state index is 13.1. The van der Waals surface area contributed by atoms with Gasteiger partial charge in [-0.05, 0) is 20.3 Å². The van der Waals surface area contributed by atoms with Gasteiger partial charge in [-0.15, -0.1) is 0 Å². The molecule has 26 nitrogen and oxygen atoms in total. The molecule has 0 aromatic rings. The van der Waals surface area contributed by atoms with Crippen LogP contribution in [-0.2, 0) is 57.5 Å². The van der Waals surface area contributed by atoms with Crippen molar-refractivity contribution in [2.24, 2.45) is 11.5 Å². The summed E-state index contributed by atoms with van der Waals surface area (Å²) in [5.74, 6) is -15.5. The van der Waals surface area contributed by atoms with Crippen LogP contribution in [0.1, 0.15) is 52.9 Å². The number of nitrogens with two attached hydrogens (primary N) is 2. The van der Waals surface area contributed by atoms with Crippen LogP contribution in [0.5, 0.6) is 0 Å². The van der Waals surface area contributed by atoms with E-state index < -0.39 is 158 Å². The van der Waals surface area contributed by atoms with Crippen LogP contribution < -0.4 is 48.7 Å². The third-order valence-electron chi connectivity index (χ3n) is 7.06. The topological polar surface area (TPSA) is 442 Å². The summed E-state index contributed by atoms with van der Waals surface area (Å²) in [7, 11) is 0. The molecule has 26 heteroatoms. The van der Waals surface area contributed by atoms with Gasteiger partial charge in [0.1, 0.15) is 42.3 Å². The van der Waals surface area contributed by atoms with E-state index in [2.05, 4.69) is 16.0 Å². The smallest absolute Gasteiger partial charge is 0.305 e. The van der Waals surface area contributed by atoms with Crippen molar-refractivity contribution in [1.82, 2.24) is 37.2 Å². The van der Waals surface area contributed by atoms with Gasteiger partial charge in [0.2, 0.25) is 53.2 Å². The van der Waals surface area contributed by atoms with Crippen LogP contribution in [0.25, 0.3) is 0 Å². The number of aliphatic carboxylic acids is 3. The highest BCUT2D eigenvalue weighted by Gasteiger charge is 2.35. The number of aliphatic hydroxyl groups is 2. The Morgan fingerprint density at radius 3 is 1.35 bits per heavy atom. The first-order chi connectivity index (χ1) is 25.4. The molecule has 0 spiro atoms. The van der Waals surface area contributed by atoms with Crippen LogP contribution in [0.15, 0.2) is 0 Å². The van der Waals surface area contributed by atoms with Gasteiger partial charge in [0.05, 0.1) is 32.0 Å².